The van der Waals surface area contributed by atoms with E-state index >= 15 is 28.8 Å². The zero-order valence-corrected chi connectivity index (χ0v) is 80.5. The van der Waals surface area contributed by atoms with Gasteiger partial charge in [-0.3, -0.25) is 38.9 Å². The van der Waals surface area contributed by atoms with Crippen molar-refractivity contribution in [3.05, 3.63) is 224 Å². The van der Waals surface area contributed by atoms with Crippen molar-refractivity contribution in [1.82, 2.24) is 47.9 Å². The largest absolute Gasteiger partial charge is 0.508 e. The summed E-state index contributed by atoms with van der Waals surface area (Å²) >= 11 is 15.0. The minimum Gasteiger partial charge on any atom is -0.508 e. The molecule has 3 saturated heterocycles. The van der Waals surface area contributed by atoms with Gasteiger partial charge in [-0.1, -0.05) is 111 Å². The maximum atomic E-state index is 17.3. The lowest BCUT2D eigenvalue weighted by molar-refractivity contribution is -0.284. The summed E-state index contributed by atoms with van der Waals surface area (Å²) in [6.45, 7) is 2.76. The van der Waals surface area contributed by atoms with E-state index in [0.717, 1.165) is 118 Å². The first-order valence-electron chi connectivity index (χ1n) is 47.5. The lowest BCUT2D eigenvalue weighted by atomic mass is 9.89. The van der Waals surface area contributed by atoms with Crippen LogP contribution in [0.2, 0.25) is 10.0 Å². The van der Waals surface area contributed by atoms with Crippen LogP contribution in [0.1, 0.15) is 146 Å². The number of amides is 7. The number of nitrogens with one attached hydrogen (secondary N) is 9. The maximum Gasteiger partial charge on any atom is 0.330 e. The standard InChI is InChI=1S/C102H111Cl2N9O34/c1-4-6-8-26-137-56-18-10-46(11-19-56)40-105-76-50-16-23-65(121)68(34-50)139-58-31-52(30-54(118)37-58)78-96(132)111-79-53-35-70(140-66-24-14-48(28-61(66)103)29-63(93(129)109-78)108-94(76)130)92(147-100-81(87(125)84(122)72(42-114)143-100)106-41-47-12-20-57(21-13-47)138-27-9-7-5-2)71(36-53)141-67-25-17-51(33-62(67)104)91(146-101-82(107-45(3)117)88(126)85(123)73(43-115)144-101)83-98(134)112-80(99(135)136)60-38-55(119)39-69(142-102-90(128)89(127)86(124)74(44-116)145-102)75(60)59-32-49(15-22-64(59)120)77(95(131)113-83)110-97(79)133/h10-25,28,30-39,63,72-74,76-91,100-102,105-106,114-116,118-128H,4-9,26-27,29,40-44H2,1-3H3,(H,107,117)(H,108,130)(H,109,129)(H,110,133)(H,111,132)(H,112,134)(H,113,131)(H,135,136)/t63-,72-,73-,74-,76-,77-,78+,79-,80+,81-,82-,83+,84-,85-,86-,87-,88-,89+,90+,91-,100+,101+,102+/m1/s1. The molecule has 0 aliphatic carbocycles. The summed E-state index contributed by atoms with van der Waals surface area (Å²) < 4.78 is 70.5. The van der Waals surface area contributed by atoms with Crippen molar-refractivity contribution < 1.29 is 167 Å². The molecule has 9 heterocycles. The Morgan fingerprint density at radius 2 is 0.980 bits per heavy atom. The van der Waals surface area contributed by atoms with Gasteiger partial charge in [-0.05, 0) is 160 Å². The molecule has 17 bridgehead atoms. The Labute approximate surface area is 848 Å². The van der Waals surface area contributed by atoms with Crippen LogP contribution in [0.3, 0.4) is 0 Å². The summed E-state index contributed by atoms with van der Waals surface area (Å²) in [4.78, 5) is 127. The van der Waals surface area contributed by atoms with E-state index in [2.05, 4.69) is 61.7 Å². The van der Waals surface area contributed by atoms with E-state index in [1.807, 2.05) is 0 Å². The number of carbonyl (C=O) groups is 8. The highest BCUT2D eigenvalue weighted by Crippen LogP contribution is 2.52. The van der Waals surface area contributed by atoms with Gasteiger partial charge in [-0.15, -0.1) is 0 Å². The summed E-state index contributed by atoms with van der Waals surface area (Å²) in [5, 5.41) is 197. The monoisotopic (exact) mass is 2080 g/mol. The average Bonchev–Trinajstić information content (AvgIpc) is 0.758. The van der Waals surface area contributed by atoms with E-state index in [0.29, 0.717) is 35.8 Å². The Morgan fingerprint density at radius 1 is 0.449 bits per heavy atom. The van der Waals surface area contributed by atoms with Crippen molar-refractivity contribution in [2.75, 3.05) is 33.0 Å². The third-order valence-electron chi connectivity index (χ3n) is 26.0. The number of carboxylic acid groups (broad SMARTS) is 1. The van der Waals surface area contributed by atoms with E-state index in [1.54, 1.807) is 48.5 Å². The van der Waals surface area contributed by atoms with Gasteiger partial charge in [0.1, 0.15) is 161 Å². The topological polar surface area (TPSA) is 650 Å². The van der Waals surface area contributed by atoms with Crippen LogP contribution in [0.5, 0.6) is 80.5 Å². The van der Waals surface area contributed by atoms with E-state index < -0.39 is 299 Å². The zero-order valence-electron chi connectivity index (χ0n) is 79.0. The Bertz CT molecular complexity index is 6330. The lowest BCUT2D eigenvalue weighted by Gasteiger charge is -2.44. The van der Waals surface area contributed by atoms with Gasteiger partial charge in [0.15, 0.2) is 35.3 Å². The summed E-state index contributed by atoms with van der Waals surface area (Å²) in [6, 6.07) is 16.0. The third-order valence-corrected chi connectivity index (χ3v) is 26.6. The van der Waals surface area contributed by atoms with Gasteiger partial charge in [0.05, 0.1) is 49.1 Å². The molecule has 0 radical (unpaired) electrons. The molecule has 0 unspecified atom stereocenters. The molecule has 24 N–H and O–H groups in total. The molecular formula is C102H111Cl2N9O34. The minimum absolute atomic E-state index is 0.0254. The predicted octanol–water partition coefficient (Wildman–Crippen LogP) is 4.67. The van der Waals surface area contributed by atoms with Crippen molar-refractivity contribution in [3.63, 3.8) is 0 Å². The van der Waals surface area contributed by atoms with Crippen LogP contribution >= 0.6 is 23.2 Å². The second-order valence-electron chi connectivity index (χ2n) is 36.4. The fourth-order valence-electron chi connectivity index (χ4n) is 18.2. The molecule has 9 aromatic carbocycles. The van der Waals surface area contributed by atoms with Crippen molar-refractivity contribution in [3.8, 4) is 91.6 Å². The number of carbonyl (C=O) groups excluding carboxylic acids is 7. The first-order valence-corrected chi connectivity index (χ1v) is 48.3. The summed E-state index contributed by atoms with van der Waals surface area (Å²) in [7, 11) is 0. The molecule has 782 valence electrons. The summed E-state index contributed by atoms with van der Waals surface area (Å²) in [5.74, 6) is -17.1. The van der Waals surface area contributed by atoms with Crippen LogP contribution in [0.4, 0.5) is 0 Å². The number of carboxylic acids is 1. The van der Waals surface area contributed by atoms with Crippen molar-refractivity contribution >= 4 is 70.5 Å². The number of aliphatic hydroxyl groups is 10. The van der Waals surface area contributed by atoms with E-state index in [-0.39, 0.29) is 57.6 Å². The number of ether oxygens (including phenoxy) is 11. The van der Waals surface area contributed by atoms with Crippen LogP contribution in [0.25, 0.3) is 11.1 Å². The number of fused-ring (bicyclic) bond motifs is 14. The van der Waals surface area contributed by atoms with Gasteiger partial charge in [-0.2, -0.15) is 0 Å². The molecule has 18 rings (SSSR count). The zero-order chi connectivity index (χ0) is 105. The Balaban J connectivity index is 0.921. The van der Waals surface area contributed by atoms with Crippen molar-refractivity contribution in [2.45, 2.75) is 219 Å². The van der Waals surface area contributed by atoms with Gasteiger partial charge >= 0.3 is 5.97 Å². The van der Waals surface area contributed by atoms with E-state index in [1.165, 1.54) is 42.5 Å². The number of benzene rings is 9. The number of rotatable bonds is 27. The molecule has 0 spiro atoms. The lowest BCUT2D eigenvalue weighted by Crippen LogP contribution is -2.65. The molecule has 0 aromatic heterocycles. The fourth-order valence-corrected chi connectivity index (χ4v) is 18.7. The molecule has 0 saturated carbocycles. The second-order valence-corrected chi connectivity index (χ2v) is 37.2. The number of halogens is 2. The third kappa shape index (κ3) is 24.0. The highest BCUT2D eigenvalue weighted by atomic mass is 35.5. The summed E-state index contributed by atoms with van der Waals surface area (Å²) in [6.07, 6.45) is -23.4. The number of aliphatic hydroxyl groups excluding tert-OH is 10. The first-order chi connectivity index (χ1) is 70.5. The Hall–Kier alpha value is -13.5. The molecule has 9 aliphatic rings. The van der Waals surface area contributed by atoms with Gasteiger partial charge in [-0.25, -0.2) is 4.79 Å². The average molecular weight is 2080 g/mol. The summed E-state index contributed by atoms with van der Waals surface area (Å²) in [5.41, 5.74) is -2.30. The molecular weight excluding hydrogens is 1970 g/mol. The van der Waals surface area contributed by atoms with Crippen molar-refractivity contribution in [2.24, 2.45) is 0 Å². The number of unbranched alkanes of at least 4 members (excludes halogenated alkanes) is 4. The van der Waals surface area contributed by atoms with Crippen LogP contribution in [-0.4, -0.2) is 261 Å². The van der Waals surface area contributed by atoms with Gasteiger partial charge in [0, 0.05) is 55.3 Å². The molecule has 147 heavy (non-hydrogen) atoms. The van der Waals surface area contributed by atoms with E-state index in [4.69, 9.17) is 75.3 Å². The van der Waals surface area contributed by atoms with E-state index in [9.17, 15) is 86.2 Å². The smallest absolute Gasteiger partial charge is 0.330 e. The van der Waals surface area contributed by atoms with Crippen LogP contribution in [0, 0.1) is 0 Å². The fraction of sp³-hybridized carbons (Fsp3) is 0.392. The quantitative estimate of drug-likeness (QED) is 0.0311. The number of aromatic hydroxyl groups is 4. The van der Waals surface area contributed by atoms with Gasteiger partial charge in [0.2, 0.25) is 59.7 Å². The molecule has 9 aliphatic heterocycles. The number of hydrogen-bond donors (Lipinski definition) is 24. The first kappa shape index (κ1) is 106. The van der Waals surface area contributed by atoms with Crippen LogP contribution in [-0.2, 0) is 76.8 Å². The van der Waals surface area contributed by atoms with Crippen LogP contribution < -0.4 is 81.0 Å². The second kappa shape index (κ2) is 46.7. The molecule has 3 fully saturated rings. The SMILES string of the molecule is CCCCCOc1ccc(CN[C@H]2[C@H](Oc3c4cc5cc3Oc3ccc(cc3Cl)[C@@H](O[C@@H]3O[C@H](CO)[C@@H](O)[C@H](O)[C@H]3NC(C)=O)[C@@H]3NC(=O)[C@H](NC(=O)[C@@H]5NC(=O)[C@H]5NC(=O)[C@@H](Cc6ccc(c(Cl)c6)O4)NC(=O)[C@H](NCc4ccc(OCCCCC)cc4)c4ccc(O)c(c4)Oc4cc(O)cc5c4)c4ccc(O)c(c4)-c4c(O[C@H]5O[C@H](CO)[C@@H](O)[C@H](O)[C@@H]5O)cc(O)cc4[C@@H](C(=O)O)NC3=O)O[C@H](CO)[C@@H](O)[C@@H]2O)cc1. The highest BCUT2D eigenvalue weighted by Gasteiger charge is 2.52. The minimum atomic E-state index is -2.59. The predicted molar refractivity (Wildman–Crippen MR) is 515 cm³/mol. The number of aliphatic carboxylic acids is 1. The van der Waals surface area contributed by atoms with Crippen molar-refractivity contribution in [1.29, 1.82) is 0 Å². The van der Waals surface area contributed by atoms with Gasteiger partial charge in [0.25, 0.3) is 0 Å². The Morgan fingerprint density at radius 3 is 1.58 bits per heavy atom. The molecule has 43 nitrogen and oxygen atoms in total. The number of phenols is 4. The van der Waals surface area contributed by atoms with Gasteiger partial charge < -0.3 is 171 Å². The maximum absolute atomic E-state index is 17.3. The normalized spacial score (nSPS) is 27.1. The molecule has 9 aromatic rings. The molecule has 45 heteroatoms. The Kier molecular flexibility index (Phi) is 33.7. The number of hydrogen-bond acceptors (Lipinski definition) is 35. The number of phenolic OH excluding ortho intramolecular Hbond substituents is 4. The molecule has 23 atom stereocenters. The molecule has 7 amide bonds. The highest BCUT2D eigenvalue weighted by molar-refractivity contribution is 6.32. The van der Waals surface area contributed by atoms with Crippen LogP contribution in [0.15, 0.2) is 164 Å².